The molecule has 1 aliphatic heterocycles. The minimum atomic E-state index is -0.456. The van der Waals surface area contributed by atoms with Gasteiger partial charge in [0.1, 0.15) is 35.5 Å². The van der Waals surface area contributed by atoms with Crippen LogP contribution in [-0.4, -0.2) is 48.4 Å². The van der Waals surface area contributed by atoms with E-state index in [4.69, 9.17) is 15.5 Å². The topological polar surface area (TPSA) is 126 Å². The lowest BCUT2D eigenvalue weighted by atomic mass is 10.2. The third kappa shape index (κ3) is 3.28. The molecule has 0 aromatic carbocycles. The molecule has 0 radical (unpaired) electrons. The number of nitrogens with zero attached hydrogens (tertiary/aromatic N) is 6. The summed E-state index contributed by atoms with van der Waals surface area (Å²) in [5.41, 5.74) is 6.71. The number of aryl methyl sites for hydroxylation is 1. The first-order chi connectivity index (χ1) is 13.4. The van der Waals surface area contributed by atoms with Gasteiger partial charge in [-0.05, 0) is 20.8 Å². The molecule has 0 aliphatic carbocycles. The predicted octanol–water partition coefficient (Wildman–Crippen LogP) is 1.38. The summed E-state index contributed by atoms with van der Waals surface area (Å²) in [4.78, 5) is 24.7. The van der Waals surface area contributed by atoms with Gasteiger partial charge in [-0.25, -0.2) is 19.6 Å². The number of hydrogen-bond donors (Lipinski definition) is 2. The first-order valence-electron chi connectivity index (χ1n) is 9.08. The van der Waals surface area contributed by atoms with E-state index in [1.165, 1.54) is 0 Å². The standard InChI is InChI=1S/C18H22N8O2/c1-10(2)26-18(22-11(3)24-26)13-9-25-4-5-28-14-6-16(21-8-15(19)27)20-7-12(14)17(25)23-13/h6-7,9-10H,4-5,8H2,1-3H3,(H2,19,27)(H,20,21). The summed E-state index contributed by atoms with van der Waals surface area (Å²) < 4.78 is 9.77. The number of nitrogens with two attached hydrogens (primary N) is 1. The van der Waals surface area contributed by atoms with Crippen molar-refractivity contribution in [3.05, 3.63) is 24.3 Å². The van der Waals surface area contributed by atoms with Crippen LogP contribution >= 0.6 is 0 Å². The quantitative estimate of drug-likeness (QED) is 0.683. The summed E-state index contributed by atoms with van der Waals surface area (Å²) in [6.45, 7) is 7.14. The van der Waals surface area contributed by atoms with E-state index in [1.807, 2.05) is 22.4 Å². The van der Waals surface area contributed by atoms with Crippen LogP contribution in [0.25, 0.3) is 22.9 Å². The zero-order valence-corrected chi connectivity index (χ0v) is 16.0. The molecule has 0 bridgehead atoms. The molecule has 0 atom stereocenters. The van der Waals surface area contributed by atoms with E-state index in [9.17, 15) is 4.79 Å². The molecular formula is C18H22N8O2. The van der Waals surface area contributed by atoms with Crippen molar-refractivity contribution in [2.24, 2.45) is 5.73 Å². The van der Waals surface area contributed by atoms with Gasteiger partial charge in [-0.1, -0.05) is 0 Å². The fourth-order valence-corrected chi connectivity index (χ4v) is 3.13. The van der Waals surface area contributed by atoms with Gasteiger partial charge in [0.2, 0.25) is 5.91 Å². The molecule has 0 saturated carbocycles. The third-order valence-corrected chi connectivity index (χ3v) is 4.37. The van der Waals surface area contributed by atoms with Crippen molar-refractivity contribution in [3.63, 3.8) is 0 Å². The van der Waals surface area contributed by atoms with E-state index in [0.29, 0.717) is 30.5 Å². The number of amides is 1. The molecule has 0 unspecified atom stereocenters. The number of anilines is 1. The highest BCUT2D eigenvalue weighted by Gasteiger charge is 2.23. The minimum Gasteiger partial charge on any atom is -0.491 e. The van der Waals surface area contributed by atoms with Gasteiger partial charge in [0.05, 0.1) is 18.7 Å². The molecule has 0 saturated heterocycles. The second-order valence-electron chi connectivity index (χ2n) is 6.90. The van der Waals surface area contributed by atoms with Crippen molar-refractivity contribution >= 4 is 11.7 Å². The van der Waals surface area contributed by atoms with Gasteiger partial charge in [-0.3, -0.25) is 4.79 Å². The molecule has 0 spiro atoms. The molecule has 0 fully saturated rings. The van der Waals surface area contributed by atoms with E-state index in [-0.39, 0.29) is 12.6 Å². The number of rotatable bonds is 5. The summed E-state index contributed by atoms with van der Waals surface area (Å²) in [7, 11) is 0. The summed E-state index contributed by atoms with van der Waals surface area (Å²) >= 11 is 0. The molecule has 146 valence electrons. The Morgan fingerprint density at radius 2 is 2.18 bits per heavy atom. The van der Waals surface area contributed by atoms with E-state index in [2.05, 4.69) is 34.2 Å². The average molecular weight is 382 g/mol. The molecule has 10 nitrogen and oxygen atoms in total. The van der Waals surface area contributed by atoms with Gasteiger partial charge in [0, 0.05) is 24.5 Å². The van der Waals surface area contributed by atoms with Gasteiger partial charge in [0.25, 0.3) is 0 Å². The molecule has 4 rings (SSSR count). The Labute approximate surface area is 161 Å². The second-order valence-corrected chi connectivity index (χ2v) is 6.90. The van der Waals surface area contributed by atoms with E-state index >= 15 is 0 Å². The molecular weight excluding hydrogens is 360 g/mol. The van der Waals surface area contributed by atoms with Crippen LogP contribution in [0.4, 0.5) is 5.82 Å². The number of hydrogen-bond acceptors (Lipinski definition) is 7. The van der Waals surface area contributed by atoms with Gasteiger partial charge in [-0.15, -0.1) is 0 Å². The first-order valence-corrected chi connectivity index (χ1v) is 9.08. The second kappa shape index (κ2) is 6.95. The Bertz CT molecular complexity index is 1040. The van der Waals surface area contributed by atoms with Crippen molar-refractivity contribution in [2.45, 2.75) is 33.4 Å². The molecule has 1 aliphatic rings. The monoisotopic (exact) mass is 382 g/mol. The number of aromatic nitrogens is 6. The fourth-order valence-electron chi connectivity index (χ4n) is 3.13. The largest absolute Gasteiger partial charge is 0.491 e. The number of primary amides is 1. The number of carbonyl (C=O) groups excluding carboxylic acids is 1. The van der Waals surface area contributed by atoms with E-state index in [1.54, 1.807) is 12.3 Å². The molecule has 3 N–H and O–H groups in total. The van der Waals surface area contributed by atoms with Crippen LogP contribution in [-0.2, 0) is 11.3 Å². The van der Waals surface area contributed by atoms with Crippen LogP contribution in [0, 0.1) is 6.92 Å². The molecule has 3 aromatic heterocycles. The molecule has 3 aromatic rings. The van der Waals surface area contributed by atoms with Crippen LogP contribution in [0.3, 0.4) is 0 Å². The Hall–Kier alpha value is -3.43. The molecule has 1 amide bonds. The Morgan fingerprint density at radius 1 is 1.36 bits per heavy atom. The number of ether oxygens (including phenoxy) is 1. The SMILES string of the molecule is Cc1nc(-c2cn3c(n2)-c2cnc(NCC(N)=O)cc2OCC3)n(C(C)C)n1. The Kier molecular flexibility index (Phi) is 4.46. The maximum absolute atomic E-state index is 11.0. The highest BCUT2D eigenvalue weighted by molar-refractivity contribution is 5.79. The number of imidazole rings is 1. The average Bonchev–Trinajstić information content (AvgIpc) is 3.20. The lowest BCUT2D eigenvalue weighted by Gasteiger charge is -2.09. The van der Waals surface area contributed by atoms with Crippen molar-refractivity contribution in [3.8, 4) is 28.7 Å². The third-order valence-electron chi connectivity index (χ3n) is 4.37. The van der Waals surface area contributed by atoms with Crippen molar-refractivity contribution < 1.29 is 9.53 Å². The van der Waals surface area contributed by atoms with E-state index < -0.39 is 5.91 Å². The van der Waals surface area contributed by atoms with Crippen LogP contribution in [0.1, 0.15) is 25.7 Å². The predicted molar refractivity (Wildman–Crippen MR) is 103 cm³/mol. The lowest BCUT2D eigenvalue weighted by molar-refractivity contribution is -0.116. The van der Waals surface area contributed by atoms with Gasteiger partial charge in [-0.2, -0.15) is 5.10 Å². The van der Waals surface area contributed by atoms with E-state index in [0.717, 1.165) is 22.9 Å². The fraction of sp³-hybridized carbons (Fsp3) is 0.389. The minimum absolute atomic E-state index is 0.00870. The zero-order chi connectivity index (χ0) is 19.8. The first kappa shape index (κ1) is 18.0. The summed E-state index contributed by atoms with van der Waals surface area (Å²) in [6, 6.07) is 1.93. The number of carbonyl (C=O) groups is 1. The molecule has 4 heterocycles. The molecule has 28 heavy (non-hydrogen) atoms. The van der Waals surface area contributed by atoms with Crippen LogP contribution < -0.4 is 15.8 Å². The normalized spacial score (nSPS) is 12.9. The maximum Gasteiger partial charge on any atom is 0.236 e. The number of pyridine rings is 1. The van der Waals surface area contributed by atoms with Crippen LogP contribution in [0.15, 0.2) is 18.5 Å². The number of nitrogens with one attached hydrogen (secondary N) is 1. The van der Waals surface area contributed by atoms with Crippen molar-refractivity contribution in [2.75, 3.05) is 18.5 Å². The highest BCUT2D eigenvalue weighted by atomic mass is 16.5. The summed E-state index contributed by atoms with van der Waals surface area (Å²) in [5, 5.41) is 7.35. The zero-order valence-electron chi connectivity index (χ0n) is 16.0. The van der Waals surface area contributed by atoms with Gasteiger partial charge >= 0.3 is 0 Å². The van der Waals surface area contributed by atoms with Crippen molar-refractivity contribution in [1.82, 2.24) is 29.3 Å². The van der Waals surface area contributed by atoms with Crippen molar-refractivity contribution in [1.29, 1.82) is 0 Å². The summed E-state index contributed by atoms with van der Waals surface area (Å²) in [6.07, 6.45) is 3.65. The lowest BCUT2D eigenvalue weighted by Crippen LogP contribution is -2.22. The van der Waals surface area contributed by atoms with Gasteiger partial charge < -0.3 is 20.4 Å². The maximum atomic E-state index is 11.0. The Balaban J connectivity index is 1.74. The van der Waals surface area contributed by atoms with Crippen LogP contribution in [0.2, 0.25) is 0 Å². The Morgan fingerprint density at radius 3 is 2.93 bits per heavy atom. The smallest absolute Gasteiger partial charge is 0.236 e. The highest BCUT2D eigenvalue weighted by Crippen LogP contribution is 2.34. The van der Waals surface area contributed by atoms with Crippen LogP contribution in [0.5, 0.6) is 5.75 Å². The molecule has 10 heteroatoms. The number of fused-ring (bicyclic) bond motifs is 3. The summed E-state index contributed by atoms with van der Waals surface area (Å²) in [5.74, 6) is 2.92. The van der Waals surface area contributed by atoms with Gasteiger partial charge in [0.15, 0.2) is 5.82 Å².